The fraction of sp³-hybridized carbons (Fsp3) is 0. The molecule has 0 unspecified atom stereocenters. The first-order valence-corrected chi connectivity index (χ1v) is 20.5. The van der Waals surface area contributed by atoms with Gasteiger partial charge in [-0.3, -0.25) is 4.57 Å². The van der Waals surface area contributed by atoms with Crippen molar-refractivity contribution in [3.8, 4) is 34.0 Å². The lowest BCUT2D eigenvalue weighted by Gasteiger charge is -2.16. The molecular formula is C56H34N4. The summed E-state index contributed by atoms with van der Waals surface area (Å²) < 4.78 is 4.72. The molecule has 10 aromatic carbocycles. The van der Waals surface area contributed by atoms with Crippen molar-refractivity contribution in [1.82, 2.24) is 19.1 Å². The summed E-state index contributed by atoms with van der Waals surface area (Å²) in [7, 11) is 0. The van der Waals surface area contributed by atoms with E-state index in [-0.39, 0.29) is 0 Å². The van der Waals surface area contributed by atoms with Crippen LogP contribution in [-0.2, 0) is 0 Å². The van der Waals surface area contributed by atoms with Crippen molar-refractivity contribution in [1.29, 1.82) is 0 Å². The van der Waals surface area contributed by atoms with Gasteiger partial charge in [0.2, 0.25) is 5.95 Å². The minimum atomic E-state index is 0.653. The number of benzene rings is 10. The van der Waals surface area contributed by atoms with Crippen LogP contribution in [0.3, 0.4) is 0 Å². The van der Waals surface area contributed by atoms with E-state index < -0.39 is 0 Å². The minimum absolute atomic E-state index is 0.653. The van der Waals surface area contributed by atoms with Crippen LogP contribution in [0.1, 0.15) is 0 Å². The molecule has 0 aliphatic heterocycles. The van der Waals surface area contributed by atoms with Gasteiger partial charge in [-0.1, -0.05) is 158 Å². The molecule has 4 nitrogen and oxygen atoms in total. The first kappa shape index (κ1) is 32.9. The van der Waals surface area contributed by atoms with Gasteiger partial charge in [-0.05, 0) is 86.6 Å². The van der Waals surface area contributed by atoms with Gasteiger partial charge in [0.1, 0.15) is 0 Å². The predicted molar refractivity (Wildman–Crippen MR) is 252 cm³/mol. The summed E-state index contributed by atoms with van der Waals surface area (Å²) in [5.41, 5.74) is 11.0. The Morgan fingerprint density at radius 1 is 0.333 bits per heavy atom. The third kappa shape index (κ3) is 4.73. The highest BCUT2D eigenvalue weighted by Gasteiger charge is 2.23. The molecule has 60 heavy (non-hydrogen) atoms. The maximum Gasteiger partial charge on any atom is 0.235 e. The number of rotatable bonds is 4. The molecular weight excluding hydrogens is 729 g/mol. The summed E-state index contributed by atoms with van der Waals surface area (Å²) in [6.07, 6.45) is 0. The Balaban J connectivity index is 1.14. The molecule has 0 saturated carbocycles. The predicted octanol–water partition coefficient (Wildman–Crippen LogP) is 14.6. The molecule has 0 amide bonds. The van der Waals surface area contributed by atoms with Crippen LogP contribution >= 0.6 is 0 Å². The number of hydrogen-bond donors (Lipinski definition) is 0. The number of aromatic nitrogens is 4. The maximum atomic E-state index is 5.49. The van der Waals surface area contributed by atoms with Crippen LogP contribution in [0.2, 0.25) is 0 Å². The molecule has 3 heterocycles. The van der Waals surface area contributed by atoms with Gasteiger partial charge in [0.15, 0.2) is 0 Å². The lowest BCUT2D eigenvalue weighted by atomic mass is 9.90. The van der Waals surface area contributed by atoms with E-state index in [1.807, 2.05) is 0 Å². The van der Waals surface area contributed by atoms with E-state index in [4.69, 9.17) is 9.97 Å². The highest BCUT2D eigenvalue weighted by molar-refractivity contribution is 6.27. The van der Waals surface area contributed by atoms with E-state index in [0.29, 0.717) is 5.95 Å². The van der Waals surface area contributed by atoms with Gasteiger partial charge in [-0.25, -0.2) is 9.97 Å². The van der Waals surface area contributed by atoms with Crippen molar-refractivity contribution in [2.75, 3.05) is 0 Å². The highest BCUT2D eigenvalue weighted by atomic mass is 15.2. The number of nitrogens with zero attached hydrogens (tertiary/aromatic N) is 4. The molecule has 0 aliphatic rings. The summed E-state index contributed by atoms with van der Waals surface area (Å²) in [4.78, 5) is 10.8. The Kier molecular flexibility index (Phi) is 6.98. The average molecular weight is 763 g/mol. The van der Waals surface area contributed by atoms with E-state index in [1.54, 1.807) is 0 Å². The molecule has 0 aliphatic carbocycles. The van der Waals surface area contributed by atoms with Gasteiger partial charge >= 0.3 is 0 Å². The lowest BCUT2D eigenvalue weighted by molar-refractivity contribution is 1.02. The lowest BCUT2D eigenvalue weighted by Crippen LogP contribution is -2.04. The zero-order valence-electron chi connectivity index (χ0n) is 32.4. The van der Waals surface area contributed by atoms with Crippen molar-refractivity contribution in [3.63, 3.8) is 0 Å². The molecule has 0 bridgehead atoms. The van der Waals surface area contributed by atoms with Crippen LogP contribution in [0.4, 0.5) is 0 Å². The van der Waals surface area contributed by atoms with Gasteiger partial charge in [0, 0.05) is 43.6 Å². The van der Waals surface area contributed by atoms with E-state index in [9.17, 15) is 0 Å². The molecule has 4 heteroatoms. The second-order valence-electron chi connectivity index (χ2n) is 15.7. The van der Waals surface area contributed by atoms with Gasteiger partial charge in [0.25, 0.3) is 0 Å². The number of hydrogen-bond acceptors (Lipinski definition) is 2. The van der Waals surface area contributed by atoms with Gasteiger partial charge in [-0.2, -0.15) is 0 Å². The zero-order valence-corrected chi connectivity index (χ0v) is 32.4. The highest BCUT2D eigenvalue weighted by Crippen LogP contribution is 2.46. The minimum Gasteiger partial charge on any atom is -0.309 e. The average Bonchev–Trinajstić information content (AvgIpc) is 3.84. The van der Waals surface area contributed by atoms with Crippen LogP contribution in [0.15, 0.2) is 206 Å². The summed E-state index contributed by atoms with van der Waals surface area (Å²) >= 11 is 0. The Labute approximate surface area is 344 Å². The third-order valence-electron chi connectivity index (χ3n) is 12.5. The second kappa shape index (κ2) is 12.7. The summed E-state index contributed by atoms with van der Waals surface area (Å²) in [5, 5.41) is 13.1. The third-order valence-corrected chi connectivity index (χ3v) is 12.5. The van der Waals surface area contributed by atoms with Crippen LogP contribution in [0, 0.1) is 0 Å². The normalized spacial score (nSPS) is 12.0. The largest absolute Gasteiger partial charge is 0.309 e. The summed E-state index contributed by atoms with van der Waals surface area (Å²) in [6, 6.07) is 74.4. The Hall–Kier alpha value is -8.08. The fourth-order valence-corrected chi connectivity index (χ4v) is 9.88. The SMILES string of the molecule is c1ccc(-n2c3ccccc3c3c4ccccc4c(-c4cc5c6ccccc6n(-c6nc(-c7ccc8ccccc8c7)c7ccccc7n6)c5c5ccccc45)cc32)cc1. The van der Waals surface area contributed by atoms with Crippen LogP contribution in [-0.4, -0.2) is 19.1 Å². The molecule has 0 N–H and O–H groups in total. The molecule has 3 aromatic heterocycles. The quantitative estimate of drug-likeness (QED) is 0.179. The molecule has 0 saturated heterocycles. The van der Waals surface area contributed by atoms with Crippen molar-refractivity contribution < 1.29 is 0 Å². The van der Waals surface area contributed by atoms with Gasteiger partial charge < -0.3 is 4.57 Å². The van der Waals surface area contributed by atoms with Crippen LogP contribution in [0.25, 0.3) is 121 Å². The Morgan fingerprint density at radius 3 is 1.72 bits per heavy atom. The van der Waals surface area contributed by atoms with E-state index >= 15 is 0 Å². The maximum absolute atomic E-state index is 5.49. The standard InChI is InChI=1S/C56H34N4/c1-2-18-38(19-3-1)59-51-29-15-12-26-45(51)53-42-23-8-6-20-39(42)47(34-52(53)59)46-33-48-41-22-11-14-28-50(41)60(55(48)43-24-9-7-21-40(43)46)56-57-49-27-13-10-25-44(49)54(58-56)37-31-30-35-16-4-5-17-36(35)32-37/h1-34H. The van der Waals surface area contributed by atoms with Crippen molar-refractivity contribution in [2.24, 2.45) is 0 Å². The van der Waals surface area contributed by atoms with Gasteiger partial charge in [-0.15, -0.1) is 0 Å². The molecule has 0 fully saturated rings. The van der Waals surface area contributed by atoms with E-state index in [2.05, 4.69) is 215 Å². The molecule has 0 radical (unpaired) electrons. The molecule has 0 spiro atoms. The molecule has 13 rings (SSSR count). The first-order chi connectivity index (χ1) is 29.8. The monoisotopic (exact) mass is 762 g/mol. The van der Waals surface area contributed by atoms with Crippen LogP contribution in [0.5, 0.6) is 0 Å². The number of fused-ring (bicyclic) bond motifs is 12. The van der Waals surface area contributed by atoms with Crippen LogP contribution < -0.4 is 0 Å². The Morgan fingerprint density at radius 2 is 0.917 bits per heavy atom. The summed E-state index contributed by atoms with van der Waals surface area (Å²) in [6.45, 7) is 0. The Bertz CT molecular complexity index is 3890. The summed E-state index contributed by atoms with van der Waals surface area (Å²) in [5.74, 6) is 0.653. The first-order valence-electron chi connectivity index (χ1n) is 20.5. The van der Waals surface area contributed by atoms with Crippen molar-refractivity contribution in [3.05, 3.63) is 206 Å². The topological polar surface area (TPSA) is 35.6 Å². The molecule has 13 aromatic rings. The molecule has 278 valence electrons. The molecule has 0 atom stereocenters. The van der Waals surface area contributed by atoms with Gasteiger partial charge in [0.05, 0.1) is 33.3 Å². The van der Waals surface area contributed by atoms with Crippen molar-refractivity contribution >= 4 is 86.8 Å². The van der Waals surface area contributed by atoms with E-state index in [0.717, 1.165) is 55.0 Å². The van der Waals surface area contributed by atoms with E-state index in [1.165, 1.54) is 59.9 Å². The fourth-order valence-electron chi connectivity index (χ4n) is 9.88. The number of para-hydroxylation sites is 4. The second-order valence-corrected chi connectivity index (χ2v) is 15.7. The smallest absolute Gasteiger partial charge is 0.235 e. The zero-order chi connectivity index (χ0) is 39.3. The van der Waals surface area contributed by atoms with Crippen molar-refractivity contribution in [2.45, 2.75) is 0 Å².